The molecule has 3 N–H and O–H groups in total. The molecule has 4 heteroatoms. The zero-order chi connectivity index (χ0) is 14.8. The number of nitrogens with two attached hydrogens (primary N) is 1. The van der Waals surface area contributed by atoms with Gasteiger partial charge >= 0.3 is 0 Å². The molecular formula is C16H24N2O2. The molecule has 1 aliphatic carbocycles. The summed E-state index contributed by atoms with van der Waals surface area (Å²) in [6.07, 6.45) is 4.62. The Kier molecular flexibility index (Phi) is 4.21. The first-order valence-electron chi connectivity index (χ1n) is 7.10. The zero-order valence-corrected chi connectivity index (χ0v) is 12.5. The smallest absolute Gasteiger partial charge is 0.134 e. The van der Waals surface area contributed by atoms with Gasteiger partial charge < -0.3 is 15.2 Å². The molecule has 0 radical (unpaired) electrons. The van der Waals surface area contributed by atoms with Crippen LogP contribution in [0.5, 0.6) is 11.5 Å². The van der Waals surface area contributed by atoms with Crippen molar-refractivity contribution in [1.82, 2.24) is 0 Å². The third-order valence-electron chi connectivity index (χ3n) is 4.06. The van der Waals surface area contributed by atoms with Crippen molar-refractivity contribution < 1.29 is 9.47 Å². The lowest BCUT2D eigenvalue weighted by Gasteiger charge is -2.34. The van der Waals surface area contributed by atoms with Crippen LogP contribution in [-0.4, -0.2) is 19.0 Å². The summed E-state index contributed by atoms with van der Waals surface area (Å²) in [4.78, 5) is 0. The van der Waals surface area contributed by atoms with Gasteiger partial charge in [0.1, 0.15) is 17.3 Å². The number of rotatable bonds is 4. The molecule has 0 atom stereocenters. The minimum absolute atomic E-state index is 0.0267. The van der Waals surface area contributed by atoms with Crippen molar-refractivity contribution in [3.8, 4) is 11.5 Å². The van der Waals surface area contributed by atoms with E-state index in [-0.39, 0.29) is 11.9 Å². The van der Waals surface area contributed by atoms with Crippen molar-refractivity contribution in [3.63, 3.8) is 0 Å². The van der Waals surface area contributed by atoms with Gasteiger partial charge in [-0.3, -0.25) is 5.41 Å². The Labute approximate surface area is 120 Å². The van der Waals surface area contributed by atoms with Crippen molar-refractivity contribution in [2.75, 3.05) is 7.11 Å². The van der Waals surface area contributed by atoms with Gasteiger partial charge in [0.15, 0.2) is 0 Å². The lowest BCUT2D eigenvalue weighted by Crippen LogP contribution is -2.29. The minimum atomic E-state index is 0.0267. The molecule has 1 aliphatic rings. The summed E-state index contributed by atoms with van der Waals surface area (Å²) in [5.41, 5.74) is 6.67. The molecule has 0 unspecified atom stereocenters. The van der Waals surface area contributed by atoms with Crippen LogP contribution in [-0.2, 0) is 0 Å². The molecule has 1 saturated carbocycles. The number of benzene rings is 1. The SMILES string of the molecule is COc1ccc(C(=N)N)c(OC2CCC(C)(C)CC2)c1. The average Bonchev–Trinajstić information content (AvgIpc) is 2.40. The first kappa shape index (κ1) is 14.7. The fourth-order valence-corrected chi connectivity index (χ4v) is 2.62. The van der Waals surface area contributed by atoms with E-state index < -0.39 is 0 Å². The highest BCUT2D eigenvalue weighted by atomic mass is 16.5. The summed E-state index contributed by atoms with van der Waals surface area (Å²) in [6, 6.07) is 5.40. The highest BCUT2D eigenvalue weighted by Crippen LogP contribution is 2.37. The molecule has 0 bridgehead atoms. The van der Waals surface area contributed by atoms with Crippen LogP contribution >= 0.6 is 0 Å². The highest BCUT2D eigenvalue weighted by molar-refractivity contribution is 5.97. The standard InChI is InChI=1S/C16H24N2O2/c1-16(2)8-6-11(7-9-16)20-14-10-12(19-3)4-5-13(14)15(17)18/h4-5,10-11H,6-9H2,1-3H3,(H3,17,18). The van der Waals surface area contributed by atoms with Gasteiger partial charge in [0.25, 0.3) is 0 Å². The number of ether oxygens (including phenoxy) is 2. The summed E-state index contributed by atoms with van der Waals surface area (Å²) >= 11 is 0. The van der Waals surface area contributed by atoms with Gasteiger partial charge in [0, 0.05) is 6.07 Å². The number of methoxy groups -OCH3 is 1. The maximum atomic E-state index is 7.64. The molecule has 0 aromatic heterocycles. The molecular weight excluding hydrogens is 252 g/mol. The number of hydrogen-bond donors (Lipinski definition) is 2. The number of nitrogen functional groups attached to an aromatic ring is 1. The lowest BCUT2D eigenvalue weighted by atomic mass is 9.76. The van der Waals surface area contributed by atoms with E-state index in [2.05, 4.69) is 13.8 Å². The van der Waals surface area contributed by atoms with E-state index in [4.69, 9.17) is 20.6 Å². The molecule has 0 saturated heterocycles. The van der Waals surface area contributed by atoms with Gasteiger partial charge in [-0.2, -0.15) is 0 Å². The maximum Gasteiger partial charge on any atom is 0.134 e. The van der Waals surface area contributed by atoms with Crippen LogP contribution in [0, 0.1) is 10.8 Å². The Morgan fingerprint density at radius 2 is 1.95 bits per heavy atom. The van der Waals surface area contributed by atoms with Gasteiger partial charge in [0.2, 0.25) is 0 Å². The normalized spacial score (nSPS) is 18.6. The Hall–Kier alpha value is -1.71. The second-order valence-electron chi connectivity index (χ2n) is 6.26. The summed E-state index contributed by atoms with van der Waals surface area (Å²) in [7, 11) is 1.62. The molecule has 20 heavy (non-hydrogen) atoms. The molecule has 1 fully saturated rings. The van der Waals surface area contributed by atoms with Crippen LogP contribution in [0.1, 0.15) is 45.1 Å². The largest absolute Gasteiger partial charge is 0.497 e. The monoisotopic (exact) mass is 276 g/mol. The van der Waals surface area contributed by atoms with Crippen molar-refractivity contribution >= 4 is 5.84 Å². The van der Waals surface area contributed by atoms with Gasteiger partial charge in [-0.25, -0.2) is 0 Å². The van der Waals surface area contributed by atoms with E-state index in [1.165, 1.54) is 0 Å². The van der Waals surface area contributed by atoms with Gasteiger partial charge in [-0.15, -0.1) is 0 Å². The summed E-state index contributed by atoms with van der Waals surface area (Å²) in [6.45, 7) is 4.60. The van der Waals surface area contributed by atoms with E-state index in [9.17, 15) is 0 Å². The first-order chi connectivity index (χ1) is 9.41. The molecule has 1 aromatic rings. The molecule has 2 rings (SSSR count). The van der Waals surface area contributed by atoms with Crippen LogP contribution in [0.15, 0.2) is 18.2 Å². The summed E-state index contributed by atoms with van der Waals surface area (Å²) in [5.74, 6) is 1.40. The van der Waals surface area contributed by atoms with Gasteiger partial charge in [-0.1, -0.05) is 13.8 Å². The maximum absolute atomic E-state index is 7.64. The molecule has 0 spiro atoms. The third kappa shape index (κ3) is 3.44. The summed E-state index contributed by atoms with van der Waals surface area (Å²) in [5, 5.41) is 7.64. The van der Waals surface area contributed by atoms with Gasteiger partial charge in [-0.05, 0) is 43.2 Å². The molecule has 110 valence electrons. The Morgan fingerprint density at radius 3 is 2.50 bits per heavy atom. The molecule has 1 aromatic carbocycles. The number of hydrogen-bond acceptors (Lipinski definition) is 3. The van der Waals surface area contributed by atoms with E-state index in [0.29, 0.717) is 16.7 Å². The molecule has 0 aliphatic heterocycles. The first-order valence-corrected chi connectivity index (χ1v) is 7.10. The van der Waals surface area contributed by atoms with Gasteiger partial charge in [0.05, 0.1) is 18.8 Å². The predicted molar refractivity (Wildman–Crippen MR) is 80.7 cm³/mol. The Balaban J connectivity index is 2.14. The highest BCUT2D eigenvalue weighted by Gasteiger charge is 2.28. The van der Waals surface area contributed by atoms with E-state index >= 15 is 0 Å². The van der Waals surface area contributed by atoms with Crippen LogP contribution in [0.25, 0.3) is 0 Å². The molecule has 0 heterocycles. The van der Waals surface area contributed by atoms with Crippen LogP contribution < -0.4 is 15.2 Å². The van der Waals surface area contributed by atoms with Crippen LogP contribution in [0.3, 0.4) is 0 Å². The Bertz CT molecular complexity index is 487. The number of nitrogens with one attached hydrogen (secondary N) is 1. The van der Waals surface area contributed by atoms with E-state index in [1.54, 1.807) is 19.2 Å². The van der Waals surface area contributed by atoms with Crippen molar-refractivity contribution in [2.45, 2.75) is 45.6 Å². The molecule has 0 amide bonds. The van der Waals surface area contributed by atoms with Crippen molar-refractivity contribution in [2.24, 2.45) is 11.1 Å². The zero-order valence-electron chi connectivity index (χ0n) is 12.5. The molecule has 4 nitrogen and oxygen atoms in total. The Morgan fingerprint density at radius 1 is 1.30 bits per heavy atom. The topological polar surface area (TPSA) is 68.3 Å². The predicted octanol–water partition coefficient (Wildman–Crippen LogP) is 3.33. The summed E-state index contributed by atoms with van der Waals surface area (Å²) < 4.78 is 11.3. The van der Waals surface area contributed by atoms with E-state index in [1.807, 2.05) is 6.07 Å². The number of amidine groups is 1. The fourth-order valence-electron chi connectivity index (χ4n) is 2.62. The average molecular weight is 276 g/mol. The fraction of sp³-hybridized carbons (Fsp3) is 0.562. The minimum Gasteiger partial charge on any atom is -0.497 e. The third-order valence-corrected chi connectivity index (χ3v) is 4.06. The van der Waals surface area contributed by atoms with Crippen LogP contribution in [0.4, 0.5) is 0 Å². The van der Waals surface area contributed by atoms with Crippen molar-refractivity contribution in [1.29, 1.82) is 5.41 Å². The van der Waals surface area contributed by atoms with Crippen molar-refractivity contribution in [3.05, 3.63) is 23.8 Å². The van der Waals surface area contributed by atoms with E-state index in [0.717, 1.165) is 31.4 Å². The lowest BCUT2D eigenvalue weighted by molar-refractivity contribution is 0.0984. The second-order valence-corrected chi connectivity index (χ2v) is 6.26. The van der Waals surface area contributed by atoms with Crippen LogP contribution in [0.2, 0.25) is 0 Å². The second kappa shape index (κ2) is 5.73. The quantitative estimate of drug-likeness (QED) is 0.654.